The monoisotopic (exact) mass is 419 g/mol. The van der Waals surface area contributed by atoms with Crippen LogP contribution in [0.15, 0.2) is 54.6 Å². The lowest BCUT2D eigenvalue weighted by Gasteiger charge is -2.37. The molecule has 1 fully saturated rings. The first-order valence-corrected chi connectivity index (χ1v) is 9.45. The van der Waals surface area contributed by atoms with Gasteiger partial charge in [-0.2, -0.15) is 0 Å². The molecular weight excluding hydrogens is 401 g/mol. The normalized spacial score (nSPS) is 14.4. The highest BCUT2D eigenvalue weighted by atomic mass is 35.5. The second-order valence-corrected chi connectivity index (χ2v) is 7.04. The lowest BCUT2D eigenvalue weighted by atomic mass is 10.2. The molecule has 28 heavy (non-hydrogen) atoms. The predicted molar refractivity (Wildman–Crippen MR) is 113 cm³/mol. The largest absolute Gasteiger partial charge is 0.478 e. The number of carboxylic acid groups (broad SMARTS) is 1. The number of anilines is 3. The standard InChI is InChI=1S/C20H19Cl2N3O3/c21-16-2-1-3-17(20(16)22)25-12-10-24(11-13-25)15-6-4-14(5-7-15)23-18(26)8-9-19(27)28/h1-9H,10-13H2,(H,23,26)(H,27,28). The Morgan fingerprint density at radius 3 is 2.21 bits per heavy atom. The van der Waals surface area contributed by atoms with Crippen molar-refractivity contribution in [3.8, 4) is 0 Å². The second-order valence-electron chi connectivity index (χ2n) is 6.25. The summed E-state index contributed by atoms with van der Waals surface area (Å²) in [6.07, 6.45) is 1.78. The van der Waals surface area contributed by atoms with Gasteiger partial charge in [-0.3, -0.25) is 4.79 Å². The van der Waals surface area contributed by atoms with Gasteiger partial charge >= 0.3 is 5.97 Å². The van der Waals surface area contributed by atoms with Crippen LogP contribution in [-0.4, -0.2) is 43.2 Å². The van der Waals surface area contributed by atoms with Gasteiger partial charge < -0.3 is 20.2 Å². The molecule has 2 N–H and O–H groups in total. The van der Waals surface area contributed by atoms with Gasteiger partial charge in [-0.05, 0) is 36.4 Å². The van der Waals surface area contributed by atoms with E-state index in [2.05, 4.69) is 15.1 Å². The maximum Gasteiger partial charge on any atom is 0.328 e. The number of aliphatic carboxylic acids is 1. The van der Waals surface area contributed by atoms with Gasteiger partial charge in [0.15, 0.2) is 0 Å². The third-order valence-electron chi connectivity index (χ3n) is 4.43. The van der Waals surface area contributed by atoms with Crippen molar-refractivity contribution in [2.45, 2.75) is 0 Å². The van der Waals surface area contributed by atoms with E-state index in [9.17, 15) is 9.59 Å². The number of rotatable bonds is 5. The van der Waals surface area contributed by atoms with Crippen LogP contribution >= 0.6 is 23.2 Å². The van der Waals surface area contributed by atoms with E-state index in [4.69, 9.17) is 28.3 Å². The maximum atomic E-state index is 11.6. The molecule has 0 aromatic heterocycles. The molecule has 1 aliphatic heterocycles. The average Bonchev–Trinajstić information content (AvgIpc) is 2.69. The van der Waals surface area contributed by atoms with E-state index in [1.165, 1.54) is 0 Å². The first-order chi connectivity index (χ1) is 13.4. The van der Waals surface area contributed by atoms with Crippen molar-refractivity contribution in [3.05, 3.63) is 64.7 Å². The smallest absolute Gasteiger partial charge is 0.328 e. The maximum absolute atomic E-state index is 11.6. The Morgan fingerprint density at radius 2 is 1.57 bits per heavy atom. The number of carbonyl (C=O) groups is 2. The number of benzene rings is 2. The van der Waals surface area contributed by atoms with Crippen molar-refractivity contribution in [1.82, 2.24) is 0 Å². The summed E-state index contributed by atoms with van der Waals surface area (Å²) in [6, 6.07) is 13.1. The number of halogens is 2. The fourth-order valence-corrected chi connectivity index (χ4v) is 3.44. The van der Waals surface area contributed by atoms with Crippen LogP contribution in [0.3, 0.4) is 0 Å². The van der Waals surface area contributed by atoms with Gasteiger partial charge in [-0.15, -0.1) is 0 Å². The summed E-state index contributed by atoms with van der Waals surface area (Å²) in [6.45, 7) is 3.29. The summed E-state index contributed by atoms with van der Waals surface area (Å²) in [5, 5.41) is 12.3. The number of carbonyl (C=O) groups excluding carboxylic acids is 1. The van der Waals surface area contributed by atoms with Gasteiger partial charge in [0.1, 0.15) is 0 Å². The highest BCUT2D eigenvalue weighted by Crippen LogP contribution is 2.33. The van der Waals surface area contributed by atoms with E-state index < -0.39 is 11.9 Å². The van der Waals surface area contributed by atoms with Crippen LogP contribution in [0.2, 0.25) is 10.0 Å². The minimum atomic E-state index is -1.16. The summed E-state index contributed by atoms with van der Waals surface area (Å²) in [7, 11) is 0. The fraction of sp³-hybridized carbons (Fsp3) is 0.200. The van der Waals surface area contributed by atoms with Crippen molar-refractivity contribution < 1.29 is 14.7 Å². The molecule has 3 rings (SSSR count). The minimum absolute atomic E-state index is 0.484. The molecule has 0 atom stereocenters. The third kappa shape index (κ3) is 4.97. The van der Waals surface area contributed by atoms with E-state index in [0.717, 1.165) is 49.7 Å². The van der Waals surface area contributed by atoms with Crippen LogP contribution in [0.4, 0.5) is 17.1 Å². The SMILES string of the molecule is O=C(O)C=CC(=O)Nc1ccc(N2CCN(c3cccc(Cl)c3Cl)CC2)cc1. The van der Waals surface area contributed by atoms with Crippen LogP contribution in [0.5, 0.6) is 0 Å². The van der Waals surface area contributed by atoms with Crippen LogP contribution in [-0.2, 0) is 9.59 Å². The summed E-state index contributed by atoms with van der Waals surface area (Å²) in [5.41, 5.74) is 2.60. The van der Waals surface area contributed by atoms with Gasteiger partial charge in [0.05, 0.1) is 15.7 Å². The molecule has 2 aromatic carbocycles. The summed E-state index contributed by atoms with van der Waals surface area (Å²) < 4.78 is 0. The van der Waals surface area contributed by atoms with Crippen molar-refractivity contribution in [3.63, 3.8) is 0 Å². The summed E-state index contributed by atoms with van der Waals surface area (Å²) >= 11 is 12.4. The summed E-state index contributed by atoms with van der Waals surface area (Å²) in [5.74, 6) is -1.65. The molecule has 0 aliphatic carbocycles. The third-order valence-corrected chi connectivity index (χ3v) is 5.24. The number of nitrogens with zero attached hydrogens (tertiary/aromatic N) is 2. The lowest BCUT2D eigenvalue weighted by Crippen LogP contribution is -2.46. The van der Waals surface area contributed by atoms with E-state index in [1.807, 2.05) is 24.3 Å². The molecule has 146 valence electrons. The number of hydrogen-bond donors (Lipinski definition) is 2. The van der Waals surface area contributed by atoms with Gasteiger partial charge in [0.2, 0.25) is 5.91 Å². The number of piperazine rings is 1. The molecule has 8 heteroatoms. The molecule has 2 aromatic rings. The number of nitrogens with one attached hydrogen (secondary N) is 1. The molecule has 0 unspecified atom stereocenters. The first kappa shape index (κ1) is 20.0. The van der Waals surface area contributed by atoms with Crippen LogP contribution in [0.25, 0.3) is 0 Å². The Morgan fingerprint density at radius 1 is 0.929 bits per heavy atom. The molecule has 0 bridgehead atoms. The van der Waals surface area contributed by atoms with Gasteiger partial charge in [0.25, 0.3) is 0 Å². The first-order valence-electron chi connectivity index (χ1n) is 8.70. The predicted octanol–water partition coefficient (Wildman–Crippen LogP) is 3.90. The van der Waals surface area contributed by atoms with E-state index in [1.54, 1.807) is 18.2 Å². The highest BCUT2D eigenvalue weighted by molar-refractivity contribution is 6.43. The fourth-order valence-electron chi connectivity index (χ4n) is 3.03. The second kappa shape index (κ2) is 8.99. The van der Waals surface area contributed by atoms with E-state index in [0.29, 0.717) is 15.7 Å². The highest BCUT2D eigenvalue weighted by Gasteiger charge is 2.20. The van der Waals surface area contributed by atoms with Crippen molar-refractivity contribution in [2.75, 3.05) is 41.3 Å². The zero-order valence-corrected chi connectivity index (χ0v) is 16.5. The quantitative estimate of drug-likeness (QED) is 0.718. The number of carboxylic acids is 1. The summed E-state index contributed by atoms with van der Waals surface area (Å²) in [4.78, 5) is 26.5. The van der Waals surface area contributed by atoms with Crippen LogP contribution < -0.4 is 15.1 Å². The molecule has 1 amide bonds. The molecule has 6 nitrogen and oxygen atoms in total. The zero-order valence-electron chi connectivity index (χ0n) is 14.9. The lowest BCUT2D eigenvalue weighted by molar-refractivity contribution is -0.131. The Bertz CT molecular complexity index is 892. The Kier molecular flexibility index (Phi) is 6.44. The van der Waals surface area contributed by atoms with Crippen LogP contribution in [0.1, 0.15) is 0 Å². The molecule has 0 saturated carbocycles. The molecule has 0 radical (unpaired) electrons. The molecule has 0 spiro atoms. The molecular formula is C20H19Cl2N3O3. The topological polar surface area (TPSA) is 72.9 Å². The minimum Gasteiger partial charge on any atom is -0.478 e. The molecule has 1 saturated heterocycles. The van der Waals surface area contributed by atoms with Crippen molar-refractivity contribution >= 4 is 52.1 Å². The van der Waals surface area contributed by atoms with Gasteiger partial charge in [-0.1, -0.05) is 29.3 Å². The average molecular weight is 420 g/mol. The Labute approximate surface area is 173 Å². The van der Waals surface area contributed by atoms with Crippen molar-refractivity contribution in [2.24, 2.45) is 0 Å². The van der Waals surface area contributed by atoms with E-state index >= 15 is 0 Å². The molecule has 1 aliphatic rings. The zero-order chi connectivity index (χ0) is 20.1. The Balaban J connectivity index is 1.58. The van der Waals surface area contributed by atoms with Gasteiger partial charge in [0, 0.05) is 49.7 Å². The van der Waals surface area contributed by atoms with Gasteiger partial charge in [-0.25, -0.2) is 4.79 Å². The van der Waals surface area contributed by atoms with Crippen molar-refractivity contribution in [1.29, 1.82) is 0 Å². The number of hydrogen-bond acceptors (Lipinski definition) is 4. The van der Waals surface area contributed by atoms with E-state index in [-0.39, 0.29) is 0 Å². The Hall–Kier alpha value is -2.70. The number of amides is 1. The van der Waals surface area contributed by atoms with Crippen LogP contribution in [0, 0.1) is 0 Å². The molecule has 1 heterocycles.